The smallest absolute Gasteiger partial charge is 0.284 e. The van der Waals surface area contributed by atoms with Crippen molar-refractivity contribution in [2.45, 2.75) is 38.1 Å². The lowest BCUT2D eigenvalue weighted by molar-refractivity contribution is 0.0960. The second-order valence-corrected chi connectivity index (χ2v) is 10.1. The third kappa shape index (κ3) is 5.29. The minimum Gasteiger partial charge on any atom is -0.496 e. The Labute approximate surface area is 197 Å². The zero-order valence-corrected chi connectivity index (χ0v) is 20.5. The SMILES string of the molecule is COc1cc(C)c(S(=O)(=O)/N=C(\N)c2cccc(C[C@@H](N)C(=O)c3nccs3)c2)c(C)c1C. The number of benzene rings is 2. The number of ketones is 1. The van der Waals surface area contributed by atoms with Crippen molar-refractivity contribution in [3.05, 3.63) is 74.7 Å². The van der Waals surface area contributed by atoms with E-state index in [0.717, 1.165) is 11.1 Å². The van der Waals surface area contributed by atoms with Gasteiger partial charge in [-0.05, 0) is 61.6 Å². The number of thiazole rings is 1. The van der Waals surface area contributed by atoms with Gasteiger partial charge in [0.25, 0.3) is 10.0 Å². The summed E-state index contributed by atoms with van der Waals surface area (Å²) < 4.78 is 35.4. The van der Waals surface area contributed by atoms with Crippen molar-refractivity contribution >= 4 is 33.0 Å². The van der Waals surface area contributed by atoms with Gasteiger partial charge in [-0.3, -0.25) is 4.79 Å². The quantitative estimate of drug-likeness (QED) is 0.284. The molecule has 3 rings (SSSR count). The minimum absolute atomic E-state index is 0.107. The number of methoxy groups -OCH3 is 1. The standard InChI is InChI=1S/C23H26N4O4S2/c1-13-10-19(31-4)14(2)15(3)21(13)33(29,30)27-22(25)17-7-5-6-16(11-17)12-18(24)20(28)23-26-8-9-32-23/h5-11,18H,12,24H2,1-4H3,(H2,25,27)/t18-/m1/s1. The van der Waals surface area contributed by atoms with Crippen LogP contribution in [0.2, 0.25) is 0 Å². The molecule has 0 amide bonds. The Kier molecular flexibility index (Phi) is 7.31. The van der Waals surface area contributed by atoms with Crippen LogP contribution in [0.15, 0.2) is 51.2 Å². The lowest BCUT2D eigenvalue weighted by Crippen LogP contribution is -2.32. The van der Waals surface area contributed by atoms with Crippen molar-refractivity contribution in [2.75, 3.05) is 7.11 Å². The molecule has 33 heavy (non-hydrogen) atoms. The monoisotopic (exact) mass is 486 g/mol. The summed E-state index contributed by atoms with van der Waals surface area (Å²) >= 11 is 1.23. The van der Waals surface area contributed by atoms with Crippen LogP contribution in [0.1, 0.15) is 37.6 Å². The van der Waals surface area contributed by atoms with Crippen LogP contribution in [-0.4, -0.2) is 38.2 Å². The number of amidine groups is 1. The van der Waals surface area contributed by atoms with Gasteiger partial charge in [0.2, 0.25) is 5.78 Å². The van der Waals surface area contributed by atoms with Crippen molar-refractivity contribution in [1.29, 1.82) is 0 Å². The van der Waals surface area contributed by atoms with Gasteiger partial charge in [0, 0.05) is 17.1 Å². The number of hydrogen-bond acceptors (Lipinski definition) is 7. The van der Waals surface area contributed by atoms with Crippen LogP contribution in [0, 0.1) is 20.8 Å². The maximum Gasteiger partial charge on any atom is 0.284 e. The number of Topliss-reactive ketones (excluding diaryl/α,β-unsaturated/α-hetero) is 1. The lowest BCUT2D eigenvalue weighted by atomic mass is 10.0. The molecular formula is C23H26N4O4S2. The average Bonchev–Trinajstić information content (AvgIpc) is 3.30. The Morgan fingerprint density at radius 3 is 2.58 bits per heavy atom. The van der Waals surface area contributed by atoms with Crippen LogP contribution in [0.5, 0.6) is 5.75 Å². The summed E-state index contributed by atoms with van der Waals surface area (Å²) in [4.78, 5) is 16.5. The summed E-state index contributed by atoms with van der Waals surface area (Å²) in [6, 6.07) is 7.74. The third-order valence-corrected chi connectivity index (χ3v) is 7.70. The minimum atomic E-state index is -4.07. The molecule has 1 heterocycles. The summed E-state index contributed by atoms with van der Waals surface area (Å²) in [5.74, 6) is 0.210. The number of nitrogens with zero attached hydrogens (tertiary/aromatic N) is 2. The predicted octanol–water partition coefficient (Wildman–Crippen LogP) is 2.92. The van der Waals surface area contributed by atoms with E-state index in [1.54, 1.807) is 62.7 Å². The fraction of sp³-hybridized carbons (Fsp3) is 0.261. The van der Waals surface area contributed by atoms with E-state index in [9.17, 15) is 13.2 Å². The van der Waals surface area contributed by atoms with Crippen LogP contribution in [0.25, 0.3) is 0 Å². The summed E-state index contributed by atoms with van der Waals surface area (Å²) in [5, 5.41) is 2.07. The van der Waals surface area contributed by atoms with Gasteiger partial charge in [0.15, 0.2) is 5.01 Å². The summed E-state index contributed by atoms with van der Waals surface area (Å²) in [7, 11) is -2.54. The summed E-state index contributed by atoms with van der Waals surface area (Å²) in [6.07, 6.45) is 1.80. The number of carbonyl (C=O) groups excluding carboxylic acids is 1. The first-order chi connectivity index (χ1) is 15.5. The molecule has 0 bridgehead atoms. The van der Waals surface area contributed by atoms with Crippen molar-refractivity contribution in [3.63, 3.8) is 0 Å². The molecule has 3 aromatic rings. The van der Waals surface area contributed by atoms with E-state index < -0.39 is 16.1 Å². The van der Waals surface area contributed by atoms with Gasteiger partial charge in [-0.15, -0.1) is 15.7 Å². The van der Waals surface area contributed by atoms with Gasteiger partial charge >= 0.3 is 0 Å². The van der Waals surface area contributed by atoms with Gasteiger partial charge in [-0.25, -0.2) is 4.98 Å². The normalized spacial score (nSPS) is 13.1. The molecule has 4 N–H and O–H groups in total. The molecule has 2 aromatic carbocycles. The molecule has 0 saturated heterocycles. The molecule has 0 spiro atoms. The Hall–Kier alpha value is -3.08. The average molecular weight is 487 g/mol. The molecule has 0 aliphatic rings. The molecule has 8 nitrogen and oxygen atoms in total. The fourth-order valence-corrected chi connectivity index (χ4v) is 5.67. The van der Waals surface area contributed by atoms with Crippen molar-refractivity contribution in [2.24, 2.45) is 15.9 Å². The molecule has 0 aliphatic carbocycles. The molecular weight excluding hydrogens is 460 g/mol. The van der Waals surface area contributed by atoms with Crippen molar-refractivity contribution in [3.8, 4) is 5.75 Å². The molecule has 0 fully saturated rings. The third-order valence-electron chi connectivity index (χ3n) is 5.33. The second kappa shape index (κ2) is 9.82. The van der Waals surface area contributed by atoms with E-state index in [1.165, 1.54) is 18.4 Å². The zero-order valence-electron chi connectivity index (χ0n) is 18.8. The van der Waals surface area contributed by atoms with Crippen LogP contribution >= 0.6 is 11.3 Å². The van der Waals surface area contributed by atoms with Crippen molar-refractivity contribution < 1.29 is 17.9 Å². The highest BCUT2D eigenvalue weighted by molar-refractivity contribution is 7.90. The molecule has 0 aliphatic heterocycles. The highest BCUT2D eigenvalue weighted by Crippen LogP contribution is 2.31. The van der Waals surface area contributed by atoms with E-state index >= 15 is 0 Å². The number of carbonyl (C=O) groups is 1. The first-order valence-corrected chi connectivity index (χ1v) is 12.4. The number of aryl methyl sites for hydroxylation is 1. The van der Waals surface area contributed by atoms with E-state index in [2.05, 4.69) is 9.38 Å². The summed E-state index contributed by atoms with van der Waals surface area (Å²) in [5.41, 5.74) is 15.1. The van der Waals surface area contributed by atoms with Crippen LogP contribution in [0.4, 0.5) is 0 Å². The van der Waals surface area contributed by atoms with Gasteiger partial charge in [-0.2, -0.15) is 8.42 Å². The van der Waals surface area contributed by atoms with E-state index in [0.29, 0.717) is 27.4 Å². The second-order valence-electron chi connectivity index (χ2n) is 7.64. The summed E-state index contributed by atoms with van der Waals surface area (Å²) in [6.45, 7) is 5.19. The molecule has 0 unspecified atom stereocenters. The maximum absolute atomic E-state index is 13.1. The van der Waals surface area contributed by atoms with Gasteiger partial charge in [0.1, 0.15) is 11.6 Å². The van der Waals surface area contributed by atoms with Crippen LogP contribution in [0.3, 0.4) is 0 Å². The molecule has 1 atom stereocenters. The number of hydrogen-bond donors (Lipinski definition) is 2. The number of nitrogens with two attached hydrogens (primary N) is 2. The first-order valence-electron chi connectivity index (χ1n) is 10.1. The highest BCUT2D eigenvalue weighted by Gasteiger charge is 2.23. The van der Waals surface area contributed by atoms with E-state index in [4.69, 9.17) is 16.2 Å². The fourth-order valence-electron chi connectivity index (χ4n) is 3.57. The molecule has 10 heteroatoms. The Balaban J connectivity index is 1.90. The Morgan fingerprint density at radius 1 is 1.21 bits per heavy atom. The van der Waals surface area contributed by atoms with Gasteiger partial charge < -0.3 is 16.2 Å². The van der Waals surface area contributed by atoms with Crippen LogP contribution < -0.4 is 16.2 Å². The first kappa shape index (κ1) is 24.6. The lowest BCUT2D eigenvalue weighted by Gasteiger charge is -2.15. The highest BCUT2D eigenvalue weighted by atomic mass is 32.2. The molecule has 0 saturated carbocycles. The molecule has 0 radical (unpaired) electrons. The number of aromatic nitrogens is 1. The van der Waals surface area contributed by atoms with Crippen molar-refractivity contribution in [1.82, 2.24) is 4.98 Å². The number of rotatable bonds is 8. The molecule has 1 aromatic heterocycles. The van der Waals surface area contributed by atoms with Gasteiger partial charge in [0.05, 0.1) is 18.0 Å². The Morgan fingerprint density at radius 2 is 1.94 bits per heavy atom. The predicted molar refractivity (Wildman–Crippen MR) is 130 cm³/mol. The van der Waals surface area contributed by atoms with E-state index in [1.807, 2.05) is 0 Å². The van der Waals surface area contributed by atoms with Crippen LogP contribution in [-0.2, 0) is 16.4 Å². The topological polar surface area (TPSA) is 138 Å². The number of sulfonamides is 1. The maximum atomic E-state index is 13.1. The number of ether oxygens (including phenoxy) is 1. The zero-order chi connectivity index (χ0) is 24.3. The molecule has 174 valence electrons. The van der Waals surface area contributed by atoms with E-state index in [-0.39, 0.29) is 22.9 Å². The Bertz CT molecular complexity index is 1320. The largest absolute Gasteiger partial charge is 0.496 e. The van der Waals surface area contributed by atoms with Gasteiger partial charge in [-0.1, -0.05) is 18.2 Å².